The molecule has 0 saturated heterocycles. The van der Waals surface area contributed by atoms with E-state index in [4.69, 9.17) is 0 Å². The first-order valence-corrected chi connectivity index (χ1v) is 7.83. The SMILES string of the molecule is CC(Nc1ccc(NS(=O)(=O)C2CC2)cc1)=[N+](C)C. The maximum absolute atomic E-state index is 11.8. The molecule has 19 heavy (non-hydrogen) atoms. The van der Waals surface area contributed by atoms with Gasteiger partial charge in [-0.1, -0.05) is 0 Å². The van der Waals surface area contributed by atoms with E-state index in [0.717, 1.165) is 24.4 Å². The molecule has 1 aromatic rings. The van der Waals surface area contributed by atoms with Crippen LogP contribution in [0.25, 0.3) is 0 Å². The van der Waals surface area contributed by atoms with Gasteiger partial charge in [-0.15, -0.1) is 0 Å². The van der Waals surface area contributed by atoms with Gasteiger partial charge in [0.05, 0.1) is 19.3 Å². The van der Waals surface area contributed by atoms with E-state index in [-0.39, 0.29) is 5.25 Å². The number of nitrogens with zero attached hydrogens (tertiary/aromatic N) is 1. The van der Waals surface area contributed by atoms with Crippen molar-refractivity contribution in [2.75, 3.05) is 24.1 Å². The molecule has 1 aliphatic rings. The highest BCUT2D eigenvalue weighted by molar-refractivity contribution is 7.93. The Kier molecular flexibility index (Phi) is 3.80. The zero-order chi connectivity index (χ0) is 14.0. The summed E-state index contributed by atoms with van der Waals surface area (Å²) in [5.74, 6) is 1.02. The fraction of sp³-hybridized carbons (Fsp3) is 0.462. The lowest BCUT2D eigenvalue weighted by atomic mass is 10.3. The van der Waals surface area contributed by atoms with Gasteiger partial charge >= 0.3 is 0 Å². The van der Waals surface area contributed by atoms with E-state index < -0.39 is 10.0 Å². The van der Waals surface area contributed by atoms with Crippen molar-refractivity contribution in [1.29, 1.82) is 0 Å². The van der Waals surface area contributed by atoms with Crippen LogP contribution in [-0.4, -0.2) is 38.2 Å². The Morgan fingerprint density at radius 2 is 1.68 bits per heavy atom. The molecule has 0 aliphatic heterocycles. The molecule has 0 heterocycles. The lowest BCUT2D eigenvalue weighted by molar-refractivity contribution is -0.464. The summed E-state index contributed by atoms with van der Waals surface area (Å²) in [6.07, 6.45) is 1.54. The molecule has 0 spiro atoms. The van der Waals surface area contributed by atoms with Crippen molar-refractivity contribution in [3.63, 3.8) is 0 Å². The third kappa shape index (κ3) is 3.70. The molecule has 1 aliphatic carbocycles. The predicted octanol–water partition coefficient (Wildman–Crippen LogP) is 1.69. The molecular formula is C13H20N3O2S+. The maximum Gasteiger partial charge on any atom is 0.246 e. The van der Waals surface area contributed by atoms with Crippen LogP contribution in [0.4, 0.5) is 11.4 Å². The predicted molar refractivity (Wildman–Crippen MR) is 78.4 cm³/mol. The number of sulfonamides is 1. The van der Waals surface area contributed by atoms with E-state index in [1.165, 1.54) is 0 Å². The fourth-order valence-corrected chi connectivity index (χ4v) is 2.96. The van der Waals surface area contributed by atoms with Crippen molar-refractivity contribution < 1.29 is 13.0 Å². The Hall–Kier alpha value is -1.56. The van der Waals surface area contributed by atoms with Gasteiger partial charge in [0.25, 0.3) is 0 Å². The van der Waals surface area contributed by atoms with Crippen molar-refractivity contribution in [2.24, 2.45) is 0 Å². The van der Waals surface area contributed by atoms with Gasteiger partial charge in [0.2, 0.25) is 15.9 Å². The number of benzene rings is 1. The number of rotatable bonds is 4. The Balaban J connectivity index is 2.04. The average molecular weight is 282 g/mol. The van der Waals surface area contributed by atoms with Crippen molar-refractivity contribution in [1.82, 2.24) is 0 Å². The third-order valence-electron chi connectivity index (χ3n) is 3.10. The molecule has 1 fully saturated rings. The summed E-state index contributed by atoms with van der Waals surface area (Å²) in [7, 11) is 0.744. The van der Waals surface area contributed by atoms with E-state index in [9.17, 15) is 8.42 Å². The Labute approximate surface area is 114 Å². The van der Waals surface area contributed by atoms with Gasteiger partial charge in [0.15, 0.2) is 0 Å². The number of hydrogen-bond acceptors (Lipinski definition) is 2. The van der Waals surface area contributed by atoms with E-state index in [2.05, 4.69) is 10.0 Å². The molecule has 0 atom stereocenters. The zero-order valence-corrected chi connectivity index (χ0v) is 12.3. The van der Waals surface area contributed by atoms with Crippen molar-refractivity contribution in [3.05, 3.63) is 24.3 Å². The minimum absolute atomic E-state index is 0.199. The molecule has 2 N–H and O–H groups in total. The van der Waals surface area contributed by atoms with Gasteiger partial charge in [-0.2, -0.15) is 0 Å². The van der Waals surface area contributed by atoms with Crippen LogP contribution in [0.5, 0.6) is 0 Å². The number of anilines is 2. The van der Waals surface area contributed by atoms with Gasteiger partial charge in [-0.3, -0.25) is 9.30 Å². The van der Waals surface area contributed by atoms with E-state index >= 15 is 0 Å². The minimum Gasteiger partial charge on any atom is -0.283 e. The molecule has 5 nitrogen and oxygen atoms in total. The summed E-state index contributed by atoms with van der Waals surface area (Å²) in [6, 6.07) is 7.26. The van der Waals surface area contributed by atoms with Crippen molar-refractivity contribution in [2.45, 2.75) is 25.0 Å². The second-order valence-electron chi connectivity index (χ2n) is 5.03. The molecule has 1 aromatic carbocycles. The van der Waals surface area contributed by atoms with Gasteiger partial charge in [-0.25, -0.2) is 13.7 Å². The lowest BCUT2D eigenvalue weighted by Gasteiger charge is -2.07. The highest BCUT2D eigenvalue weighted by Gasteiger charge is 2.35. The normalized spacial score (nSPS) is 14.9. The summed E-state index contributed by atoms with van der Waals surface area (Å²) in [5.41, 5.74) is 1.54. The quantitative estimate of drug-likeness (QED) is 0.502. The number of nitrogens with one attached hydrogen (secondary N) is 2. The van der Waals surface area contributed by atoms with Crippen LogP contribution in [0.3, 0.4) is 0 Å². The number of amidine groups is 1. The number of hydrogen-bond donors (Lipinski definition) is 2. The fourth-order valence-electron chi connectivity index (χ4n) is 1.57. The summed E-state index contributed by atoms with van der Waals surface area (Å²) in [5, 5.41) is 3.03. The molecule has 0 aromatic heterocycles. The Bertz CT molecular complexity index is 583. The largest absolute Gasteiger partial charge is 0.283 e. The van der Waals surface area contributed by atoms with Gasteiger partial charge in [0, 0.05) is 12.6 Å². The Morgan fingerprint density at radius 3 is 2.16 bits per heavy atom. The van der Waals surface area contributed by atoms with E-state index in [0.29, 0.717) is 5.69 Å². The molecule has 0 unspecified atom stereocenters. The molecule has 6 heteroatoms. The van der Waals surface area contributed by atoms with Crippen molar-refractivity contribution in [3.8, 4) is 0 Å². The highest BCUT2D eigenvalue weighted by atomic mass is 32.2. The van der Waals surface area contributed by atoms with Crippen molar-refractivity contribution >= 4 is 27.2 Å². The highest BCUT2D eigenvalue weighted by Crippen LogP contribution is 2.29. The molecule has 1 saturated carbocycles. The van der Waals surface area contributed by atoms with E-state index in [1.807, 2.05) is 37.7 Å². The molecule has 0 bridgehead atoms. The second-order valence-corrected chi connectivity index (χ2v) is 6.99. The van der Waals surface area contributed by atoms with Crippen LogP contribution >= 0.6 is 0 Å². The first-order valence-electron chi connectivity index (χ1n) is 6.28. The summed E-state index contributed by atoms with van der Waals surface area (Å²) in [4.78, 5) is 0. The smallest absolute Gasteiger partial charge is 0.246 e. The van der Waals surface area contributed by atoms with Crippen LogP contribution in [-0.2, 0) is 10.0 Å². The minimum atomic E-state index is -3.17. The monoisotopic (exact) mass is 282 g/mol. The summed E-state index contributed by atoms with van der Waals surface area (Å²) >= 11 is 0. The maximum atomic E-state index is 11.8. The summed E-state index contributed by atoms with van der Waals surface area (Å²) < 4.78 is 28.1. The lowest BCUT2D eigenvalue weighted by Crippen LogP contribution is -2.19. The van der Waals surface area contributed by atoms with Crippen LogP contribution < -0.4 is 10.0 Å². The topological polar surface area (TPSA) is 61.2 Å². The van der Waals surface area contributed by atoms with Crippen LogP contribution in [0.15, 0.2) is 24.3 Å². The molecular weight excluding hydrogens is 262 g/mol. The van der Waals surface area contributed by atoms with E-state index in [1.54, 1.807) is 12.1 Å². The zero-order valence-electron chi connectivity index (χ0n) is 11.5. The molecule has 104 valence electrons. The van der Waals surface area contributed by atoms with Crippen LogP contribution in [0.2, 0.25) is 0 Å². The standard InChI is InChI=1S/C13H19N3O2S/c1-10(16(2)3)14-11-4-6-12(7-5-11)15-19(17,18)13-8-9-13/h4-7,13,15H,8-9H2,1-3H3/p+1. The van der Waals surface area contributed by atoms with Gasteiger partial charge in [0.1, 0.15) is 5.69 Å². The molecule has 0 amide bonds. The van der Waals surface area contributed by atoms with Gasteiger partial charge < -0.3 is 0 Å². The first kappa shape index (κ1) is 13.9. The van der Waals surface area contributed by atoms with Crippen LogP contribution in [0, 0.1) is 0 Å². The molecule has 0 radical (unpaired) electrons. The summed E-state index contributed by atoms with van der Waals surface area (Å²) in [6.45, 7) is 1.98. The second kappa shape index (κ2) is 5.21. The van der Waals surface area contributed by atoms with Gasteiger partial charge in [-0.05, 0) is 37.1 Å². The average Bonchev–Trinajstić information content (AvgIpc) is 3.15. The van der Waals surface area contributed by atoms with Crippen LogP contribution in [0.1, 0.15) is 19.8 Å². The Morgan fingerprint density at radius 1 is 1.16 bits per heavy atom. The first-order chi connectivity index (χ1) is 8.88. The third-order valence-corrected chi connectivity index (χ3v) is 4.97. The molecule has 2 rings (SSSR count).